The molecule has 0 bridgehead atoms. The largest absolute Gasteiger partial charge is 0.343 e. The number of para-hydroxylation sites is 1. The molecule has 0 unspecified atom stereocenters. The molecule has 2 rings (SSSR count). The van der Waals surface area contributed by atoms with Crippen molar-refractivity contribution >= 4 is 23.4 Å². The number of amides is 3. The van der Waals surface area contributed by atoms with E-state index in [1.54, 1.807) is 12.1 Å². The number of anilines is 1. The third-order valence-electron chi connectivity index (χ3n) is 4.65. The number of carbonyl (C=O) groups is 3. The van der Waals surface area contributed by atoms with Crippen LogP contribution in [-0.2, 0) is 16.0 Å². The molecule has 148 valence electrons. The first kappa shape index (κ1) is 21.2. The number of benzene rings is 2. The number of nitrogens with one attached hydrogen (secondary N) is 2. The SMILES string of the molecule is CCc1ccccc1NC(=O)CN(C)C(=O)CNC(=O)c1ccc(C)c(C)c1. The van der Waals surface area contributed by atoms with Crippen molar-refractivity contribution in [1.29, 1.82) is 0 Å². The maximum atomic E-state index is 12.2. The van der Waals surface area contributed by atoms with Crippen LogP contribution in [0.25, 0.3) is 0 Å². The van der Waals surface area contributed by atoms with Gasteiger partial charge in [0.25, 0.3) is 5.91 Å². The molecule has 28 heavy (non-hydrogen) atoms. The molecule has 0 spiro atoms. The Morgan fingerprint density at radius 3 is 2.39 bits per heavy atom. The van der Waals surface area contributed by atoms with Crippen LogP contribution in [0.3, 0.4) is 0 Å². The Morgan fingerprint density at radius 1 is 1.00 bits per heavy atom. The Bertz CT molecular complexity index is 877. The van der Waals surface area contributed by atoms with Gasteiger partial charge in [0.1, 0.15) is 0 Å². The van der Waals surface area contributed by atoms with Crippen LogP contribution in [0.1, 0.15) is 34.0 Å². The first-order valence-electron chi connectivity index (χ1n) is 9.29. The van der Waals surface area contributed by atoms with Gasteiger partial charge in [-0.1, -0.05) is 31.2 Å². The zero-order chi connectivity index (χ0) is 20.7. The molecule has 0 aliphatic heterocycles. The molecule has 3 amide bonds. The van der Waals surface area contributed by atoms with E-state index < -0.39 is 0 Å². The topological polar surface area (TPSA) is 78.5 Å². The van der Waals surface area contributed by atoms with E-state index in [2.05, 4.69) is 10.6 Å². The summed E-state index contributed by atoms with van der Waals surface area (Å²) in [6.45, 7) is 5.66. The molecule has 0 saturated carbocycles. The van der Waals surface area contributed by atoms with E-state index in [-0.39, 0.29) is 30.8 Å². The van der Waals surface area contributed by atoms with Gasteiger partial charge in [0.05, 0.1) is 13.1 Å². The highest BCUT2D eigenvalue weighted by atomic mass is 16.2. The van der Waals surface area contributed by atoms with Gasteiger partial charge >= 0.3 is 0 Å². The lowest BCUT2D eigenvalue weighted by atomic mass is 10.1. The van der Waals surface area contributed by atoms with E-state index in [0.717, 1.165) is 28.8 Å². The zero-order valence-electron chi connectivity index (χ0n) is 16.8. The molecule has 2 N–H and O–H groups in total. The number of nitrogens with zero attached hydrogens (tertiary/aromatic N) is 1. The van der Waals surface area contributed by atoms with Crippen molar-refractivity contribution in [1.82, 2.24) is 10.2 Å². The van der Waals surface area contributed by atoms with E-state index in [9.17, 15) is 14.4 Å². The summed E-state index contributed by atoms with van der Waals surface area (Å²) in [6.07, 6.45) is 0.801. The van der Waals surface area contributed by atoms with E-state index in [1.165, 1.54) is 11.9 Å². The molecular weight excluding hydrogens is 354 g/mol. The number of likely N-dealkylation sites (N-methyl/N-ethyl adjacent to an activating group) is 1. The van der Waals surface area contributed by atoms with E-state index in [0.29, 0.717) is 5.56 Å². The number of rotatable bonds is 7. The standard InChI is InChI=1S/C22H27N3O3/c1-5-17-8-6-7-9-19(17)24-20(26)14-25(4)21(27)13-23-22(28)18-11-10-15(2)16(3)12-18/h6-12H,5,13-14H2,1-4H3,(H,23,28)(H,24,26). The Hall–Kier alpha value is -3.15. The summed E-state index contributed by atoms with van der Waals surface area (Å²) in [5.74, 6) is -0.931. The minimum atomic E-state index is -0.337. The monoisotopic (exact) mass is 381 g/mol. The van der Waals surface area contributed by atoms with Crippen LogP contribution in [0, 0.1) is 13.8 Å². The highest BCUT2D eigenvalue weighted by Crippen LogP contribution is 2.15. The first-order chi connectivity index (χ1) is 13.3. The van der Waals surface area contributed by atoms with Crippen molar-refractivity contribution in [2.45, 2.75) is 27.2 Å². The summed E-state index contributed by atoms with van der Waals surface area (Å²) in [5, 5.41) is 5.43. The van der Waals surface area contributed by atoms with Crippen LogP contribution >= 0.6 is 0 Å². The summed E-state index contributed by atoms with van der Waals surface area (Å²) in [4.78, 5) is 38.0. The van der Waals surface area contributed by atoms with Crippen molar-refractivity contribution in [3.63, 3.8) is 0 Å². The molecule has 0 aromatic heterocycles. The molecule has 0 fully saturated rings. The van der Waals surface area contributed by atoms with Crippen LogP contribution in [0.4, 0.5) is 5.69 Å². The van der Waals surface area contributed by atoms with Gasteiger partial charge in [-0.15, -0.1) is 0 Å². The lowest BCUT2D eigenvalue weighted by Gasteiger charge is -2.18. The molecule has 2 aromatic rings. The summed E-state index contributed by atoms with van der Waals surface area (Å²) in [6, 6.07) is 12.9. The maximum absolute atomic E-state index is 12.2. The fraction of sp³-hybridized carbons (Fsp3) is 0.318. The maximum Gasteiger partial charge on any atom is 0.251 e. The van der Waals surface area contributed by atoms with Crippen LogP contribution in [0.15, 0.2) is 42.5 Å². The fourth-order valence-electron chi connectivity index (χ4n) is 2.72. The molecule has 6 heteroatoms. The second kappa shape index (κ2) is 9.69. The van der Waals surface area contributed by atoms with Gasteiger partial charge in [-0.2, -0.15) is 0 Å². The zero-order valence-corrected chi connectivity index (χ0v) is 16.8. The Labute approximate surface area is 165 Å². The van der Waals surface area contributed by atoms with E-state index in [1.807, 2.05) is 51.1 Å². The van der Waals surface area contributed by atoms with Gasteiger partial charge in [0, 0.05) is 18.3 Å². The molecule has 0 heterocycles. The van der Waals surface area contributed by atoms with Crippen molar-refractivity contribution in [2.24, 2.45) is 0 Å². The van der Waals surface area contributed by atoms with E-state index >= 15 is 0 Å². The number of hydrogen-bond acceptors (Lipinski definition) is 3. The summed E-state index contributed by atoms with van der Waals surface area (Å²) in [7, 11) is 1.54. The van der Waals surface area contributed by atoms with Crippen LogP contribution in [0.5, 0.6) is 0 Å². The van der Waals surface area contributed by atoms with Crippen LogP contribution in [0.2, 0.25) is 0 Å². The Balaban J connectivity index is 1.85. The van der Waals surface area contributed by atoms with Gasteiger partial charge in [-0.3, -0.25) is 14.4 Å². The number of hydrogen-bond donors (Lipinski definition) is 2. The third-order valence-corrected chi connectivity index (χ3v) is 4.65. The quantitative estimate of drug-likeness (QED) is 0.774. The highest BCUT2D eigenvalue weighted by Gasteiger charge is 2.15. The summed E-state index contributed by atoms with van der Waals surface area (Å²) in [5.41, 5.74) is 4.40. The molecule has 0 atom stereocenters. The first-order valence-corrected chi connectivity index (χ1v) is 9.29. The number of carbonyl (C=O) groups excluding carboxylic acids is 3. The van der Waals surface area contributed by atoms with Crippen molar-refractivity contribution in [3.05, 3.63) is 64.7 Å². The predicted octanol–water partition coefficient (Wildman–Crippen LogP) is 2.69. The average molecular weight is 381 g/mol. The lowest BCUT2D eigenvalue weighted by Crippen LogP contribution is -2.41. The van der Waals surface area contributed by atoms with Gasteiger partial charge in [-0.25, -0.2) is 0 Å². The minimum absolute atomic E-state index is 0.0869. The van der Waals surface area contributed by atoms with Gasteiger partial charge in [0.15, 0.2) is 0 Å². The van der Waals surface area contributed by atoms with Crippen LogP contribution in [-0.4, -0.2) is 42.8 Å². The Morgan fingerprint density at radius 2 is 1.71 bits per heavy atom. The van der Waals surface area contributed by atoms with Crippen molar-refractivity contribution in [2.75, 3.05) is 25.5 Å². The molecule has 0 aliphatic carbocycles. The minimum Gasteiger partial charge on any atom is -0.343 e. The van der Waals surface area contributed by atoms with E-state index in [4.69, 9.17) is 0 Å². The summed E-state index contributed by atoms with van der Waals surface area (Å²) < 4.78 is 0. The van der Waals surface area contributed by atoms with Crippen LogP contribution < -0.4 is 10.6 Å². The third kappa shape index (κ3) is 5.67. The summed E-state index contributed by atoms with van der Waals surface area (Å²) >= 11 is 0. The van der Waals surface area contributed by atoms with Gasteiger partial charge in [-0.05, 0) is 55.2 Å². The lowest BCUT2D eigenvalue weighted by molar-refractivity contribution is -0.132. The molecule has 0 saturated heterocycles. The molecule has 0 aliphatic rings. The molecule has 2 aromatic carbocycles. The fourth-order valence-corrected chi connectivity index (χ4v) is 2.72. The molecular formula is C22H27N3O3. The molecule has 6 nitrogen and oxygen atoms in total. The Kier molecular flexibility index (Phi) is 7.32. The average Bonchev–Trinajstić information content (AvgIpc) is 2.68. The predicted molar refractivity (Wildman–Crippen MR) is 110 cm³/mol. The highest BCUT2D eigenvalue weighted by molar-refractivity contribution is 5.98. The number of aryl methyl sites for hydroxylation is 3. The van der Waals surface area contributed by atoms with Gasteiger partial charge in [0.2, 0.25) is 11.8 Å². The second-order valence-electron chi connectivity index (χ2n) is 6.79. The second-order valence-corrected chi connectivity index (χ2v) is 6.79. The normalized spacial score (nSPS) is 10.3. The smallest absolute Gasteiger partial charge is 0.251 e. The van der Waals surface area contributed by atoms with Crippen molar-refractivity contribution in [3.8, 4) is 0 Å². The molecule has 0 radical (unpaired) electrons. The van der Waals surface area contributed by atoms with Gasteiger partial charge < -0.3 is 15.5 Å². The van der Waals surface area contributed by atoms with Crippen molar-refractivity contribution < 1.29 is 14.4 Å².